The lowest BCUT2D eigenvalue weighted by Gasteiger charge is -2.34. The molecular formula is C35H67N5O8. The Labute approximate surface area is 290 Å². The molecule has 1 heterocycles. The maximum Gasteiger partial charge on any atom is 0.320 e. The van der Waals surface area contributed by atoms with Crippen molar-refractivity contribution >= 4 is 23.8 Å². The molecule has 1 aliphatic rings. The molecule has 0 aromatic rings. The Bertz CT molecular complexity index is 968. The number of ether oxygens (including phenoxy) is 3. The normalized spacial score (nSPS) is 18.6. The number of nitrogens with zero attached hydrogens (tertiary/aromatic N) is 4. The van der Waals surface area contributed by atoms with E-state index in [1.54, 1.807) is 0 Å². The minimum atomic E-state index is -0.627. The van der Waals surface area contributed by atoms with Crippen LogP contribution in [0.5, 0.6) is 0 Å². The summed E-state index contributed by atoms with van der Waals surface area (Å²) >= 11 is 0. The number of aliphatic hydroxyl groups excluding tert-OH is 1. The van der Waals surface area contributed by atoms with Crippen molar-refractivity contribution in [3.63, 3.8) is 0 Å². The molecule has 1 atom stereocenters. The smallest absolute Gasteiger partial charge is 0.320 e. The molecule has 280 valence electrons. The lowest BCUT2D eigenvalue weighted by molar-refractivity contribution is -0.158. The SMILES string of the molecule is CCC(C)(CO)CCNC(=O)CN1CCN(CC(=O)OC(C)(C)C)CCN(CC(=O)OC(C)(C)C)CCN(CC(=O)OC(C)(C)C)CC1. The molecule has 0 saturated carbocycles. The summed E-state index contributed by atoms with van der Waals surface area (Å²) in [5.74, 6) is -1.16. The highest BCUT2D eigenvalue weighted by molar-refractivity contribution is 5.78. The molecule has 1 aliphatic heterocycles. The zero-order valence-corrected chi connectivity index (χ0v) is 31.9. The summed E-state index contributed by atoms with van der Waals surface area (Å²) in [7, 11) is 0. The predicted octanol–water partition coefficient (Wildman–Crippen LogP) is 2.15. The third-order valence-electron chi connectivity index (χ3n) is 7.90. The number of amides is 1. The van der Waals surface area contributed by atoms with E-state index in [1.165, 1.54) is 0 Å². The van der Waals surface area contributed by atoms with Crippen LogP contribution in [-0.4, -0.2) is 157 Å². The van der Waals surface area contributed by atoms with E-state index < -0.39 is 16.8 Å². The Morgan fingerprint density at radius 1 is 0.562 bits per heavy atom. The van der Waals surface area contributed by atoms with Crippen LogP contribution >= 0.6 is 0 Å². The Morgan fingerprint density at radius 3 is 1.10 bits per heavy atom. The maximum absolute atomic E-state index is 13.1. The quantitative estimate of drug-likeness (QED) is 0.217. The molecule has 13 nitrogen and oxygen atoms in total. The molecule has 1 amide bonds. The fourth-order valence-corrected chi connectivity index (χ4v) is 5.01. The first-order chi connectivity index (χ1) is 22.0. The fraction of sp³-hybridized carbons (Fsp3) is 0.886. The minimum absolute atomic E-state index is 0.0572. The van der Waals surface area contributed by atoms with Gasteiger partial charge >= 0.3 is 17.9 Å². The average molecular weight is 686 g/mol. The van der Waals surface area contributed by atoms with Crippen LogP contribution in [0.15, 0.2) is 0 Å². The molecule has 0 bridgehead atoms. The second kappa shape index (κ2) is 19.8. The number of carbonyl (C=O) groups excluding carboxylic acids is 4. The zero-order chi connectivity index (χ0) is 36.8. The lowest BCUT2D eigenvalue weighted by atomic mass is 9.85. The Hall–Kier alpha value is -2.32. The van der Waals surface area contributed by atoms with Gasteiger partial charge in [-0.15, -0.1) is 0 Å². The molecular weight excluding hydrogens is 618 g/mol. The van der Waals surface area contributed by atoms with Gasteiger partial charge in [-0.2, -0.15) is 0 Å². The number of rotatable bonds is 13. The number of esters is 3. The summed E-state index contributed by atoms with van der Waals surface area (Å²) in [6, 6.07) is 0. The Morgan fingerprint density at radius 2 is 0.854 bits per heavy atom. The first-order valence-electron chi connectivity index (χ1n) is 17.4. The Balaban J connectivity index is 3.21. The van der Waals surface area contributed by atoms with Crippen LogP contribution in [0.25, 0.3) is 0 Å². The number of aliphatic hydroxyl groups is 1. The van der Waals surface area contributed by atoms with Gasteiger partial charge in [0.1, 0.15) is 16.8 Å². The summed E-state index contributed by atoms with van der Waals surface area (Å²) in [4.78, 5) is 59.7. The van der Waals surface area contributed by atoms with E-state index in [0.717, 1.165) is 6.42 Å². The van der Waals surface area contributed by atoms with Crippen LogP contribution < -0.4 is 5.32 Å². The molecule has 1 unspecified atom stereocenters. The highest BCUT2D eigenvalue weighted by atomic mass is 16.6. The molecule has 0 aliphatic carbocycles. The van der Waals surface area contributed by atoms with Crippen LogP contribution in [0.4, 0.5) is 0 Å². The van der Waals surface area contributed by atoms with Crippen molar-refractivity contribution in [2.45, 2.75) is 106 Å². The van der Waals surface area contributed by atoms with Crippen LogP contribution in [0, 0.1) is 5.41 Å². The summed E-state index contributed by atoms with van der Waals surface area (Å²) in [5, 5.41) is 12.7. The van der Waals surface area contributed by atoms with Crippen molar-refractivity contribution in [1.29, 1.82) is 0 Å². The van der Waals surface area contributed by atoms with Crippen LogP contribution in [-0.2, 0) is 33.4 Å². The molecule has 2 N–H and O–H groups in total. The monoisotopic (exact) mass is 685 g/mol. The molecule has 13 heteroatoms. The second-order valence-corrected chi connectivity index (χ2v) is 16.3. The first kappa shape index (κ1) is 43.7. The topological polar surface area (TPSA) is 141 Å². The van der Waals surface area contributed by atoms with Crippen molar-refractivity contribution in [3.05, 3.63) is 0 Å². The fourth-order valence-electron chi connectivity index (χ4n) is 5.01. The van der Waals surface area contributed by atoms with Gasteiger partial charge in [-0.05, 0) is 80.6 Å². The second-order valence-electron chi connectivity index (χ2n) is 16.3. The first-order valence-corrected chi connectivity index (χ1v) is 17.4. The van der Waals surface area contributed by atoms with Crippen molar-refractivity contribution < 1.29 is 38.5 Å². The molecule has 1 rings (SSSR count). The van der Waals surface area contributed by atoms with E-state index >= 15 is 0 Å². The number of hydrogen-bond acceptors (Lipinski definition) is 12. The molecule has 1 saturated heterocycles. The van der Waals surface area contributed by atoms with E-state index in [2.05, 4.69) is 5.32 Å². The van der Waals surface area contributed by atoms with Gasteiger partial charge in [0.2, 0.25) is 5.91 Å². The van der Waals surface area contributed by atoms with Crippen LogP contribution in [0.2, 0.25) is 0 Å². The summed E-state index contributed by atoms with van der Waals surface area (Å²) in [6.07, 6.45) is 1.47. The summed E-state index contributed by atoms with van der Waals surface area (Å²) in [5.41, 5.74) is -2.13. The highest BCUT2D eigenvalue weighted by Gasteiger charge is 2.26. The van der Waals surface area contributed by atoms with Crippen LogP contribution in [0.3, 0.4) is 0 Å². The van der Waals surface area contributed by atoms with Crippen molar-refractivity contribution in [2.75, 3.05) is 91.7 Å². The van der Waals surface area contributed by atoms with Gasteiger partial charge in [-0.3, -0.25) is 38.8 Å². The van der Waals surface area contributed by atoms with E-state index in [4.69, 9.17) is 14.2 Å². The molecule has 48 heavy (non-hydrogen) atoms. The van der Waals surface area contributed by atoms with Gasteiger partial charge in [0.25, 0.3) is 0 Å². The van der Waals surface area contributed by atoms with Gasteiger partial charge < -0.3 is 24.6 Å². The molecule has 1 fully saturated rings. The summed E-state index contributed by atoms with van der Waals surface area (Å²) in [6.45, 7) is 25.2. The lowest BCUT2D eigenvalue weighted by Crippen LogP contribution is -2.50. The molecule has 0 aromatic heterocycles. The van der Waals surface area contributed by atoms with Gasteiger partial charge in [0.15, 0.2) is 0 Å². The predicted molar refractivity (Wildman–Crippen MR) is 186 cm³/mol. The number of nitrogens with one attached hydrogen (secondary N) is 1. The van der Waals surface area contributed by atoms with E-state index in [1.807, 2.05) is 95.8 Å². The minimum Gasteiger partial charge on any atom is -0.459 e. The highest BCUT2D eigenvalue weighted by Crippen LogP contribution is 2.23. The van der Waals surface area contributed by atoms with Gasteiger partial charge in [0, 0.05) is 65.5 Å². The third kappa shape index (κ3) is 20.9. The maximum atomic E-state index is 13.1. The van der Waals surface area contributed by atoms with Gasteiger partial charge in [-0.1, -0.05) is 13.8 Å². The van der Waals surface area contributed by atoms with E-state index in [-0.39, 0.29) is 62.0 Å². The molecule has 0 radical (unpaired) electrons. The average Bonchev–Trinajstić information content (AvgIpc) is 2.91. The van der Waals surface area contributed by atoms with Crippen molar-refractivity contribution in [2.24, 2.45) is 5.41 Å². The number of carbonyl (C=O) groups is 4. The number of hydrogen-bond donors (Lipinski definition) is 2. The van der Waals surface area contributed by atoms with E-state index in [0.29, 0.717) is 65.3 Å². The standard InChI is InChI=1S/C35H67N5O8/c1-12-35(11,27-41)13-14-36-28(42)23-37-15-17-38(24-29(43)46-32(2,3)4)19-21-40(26-31(45)48-34(8,9)10)22-20-39(18-16-37)25-30(44)47-33(5,6)7/h41H,12-27H2,1-11H3,(H,36,42). The third-order valence-corrected chi connectivity index (χ3v) is 7.90. The van der Waals surface area contributed by atoms with Crippen molar-refractivity contribution in [3.8, 4) is 0 Å². The van der Waals surface area contributed by atoms with Gasteiger partial charge in [-0.25, -0.2) is 0 Å². The largest absolute Gasteiger partial charge is 0.459 e. The van der Waals surface area contributed by atoms with Crippen molar-refractivity contribution in [1.82, 2.24) is 24.9 Å². The van der Waals surface area contributed by atoms with Gasteiger partial charge in [0.05, 0.1) is 26.2 Å². The zero-order valence-electron chi connectivity index (χ0n) is 31.9. The van der Waals surface area contributed by atoms with E-state index in [9.17, 15) is 24.3 Å². The van der Waals surface area contributed by atoms with Crippen LogP contribution in [0.1, 0.15) is 89.0 Å². The summed E-state index contributed by atoms with van der Waals surface area (Å²) < 4.78 is 16.8. The molecule has 0 aromatic carbocycles. The Kier molecular flexibility index (Phi) is 18.0. The molecule has 0 spiro atoms.